The fraction of sp³-hybridized carbons (Fsp3) is 0.235. The van der Waals surface area contributed by atoms with Crippen molar-refractivity contribution in [2.75, 3.05) is 6.54 Å². The van der Waals surface area contributed by atoms with Crippen molar-refractivity contribution in [3.63, 3.8) is 0 Å². The predicted molar refractivity (Wildman–Crippen MR) is 103 cm³/mol. The summed E-state index contributed by atoms with van der Waals surface area (Å²) in [5.74, 6) is 0. The molecule has 7 nitrogen and oxygen atoms in total. The van der Waals surface area contributed by atoms with Crippen molar-refractivity contribution in [3.05, 3.63) is 59.7 Å². The molecule has 0 spiro atoms. The Morgan fingerprint density at radius 3 is 1.67 bits per heavy atom. The third kappa shape index (κ3) is 5.85. The van der Waals surface area contributed by atoms with Gasteiger partial charge in [0.1, 0.15) is 6.04 Å². The Hall–Kier alpha value is -1.78. The van der Waals surface area contributed by atoms with E-state index in [2.05, 4.69) is 9.44 Å². The lowest BCUT2D eigenvalue weighted by Crippen LogP contribution is -2.46. The van der Waals surface area contributed by atoms with Crippen LogP contribution >= 0.6 is 11.6 Å². The molecular weight excluding hydrogens is 412 g/mol. The lowest BCUT2D eigenvalue weighted by atomic mass is 10.2. The zero-order chi connectivity index (χ0) is 20.2. The molecule has 2 aromatic carbocycles. The van der Waals surface area contributed by atoms with E-state index in [1.807, 2.05) is 6.92 Å². The Labute approximate surface area is 163 Å². The second kappa shape index (κ2) is 8.49. The van der Waals surface area contributed by atoms with Gasteiger partial charge in [0.25, 0.3) is 0 Å². The van der Waals surface area contributed by atoms with Crippen molar-refractivity contribution < 1.29 is 21.6 Å². The van der Waals surface area contributed by atoms with Crippen LogP contribution in [-0.4, -0.2) is 34.7 Å². The van der Waals surface area contributed by atoms with Crippen LogP contribution in [0.3, 0.4) is 0 Å². The first kappa shape index (κ1) is 21.5. The molecule has 0 heterocycles. The maximum Gasteiger partial charge on any atom is 0.241 e. The summed E-state index contributed by atoms with van der Waals surface area (Å²) in [6, 6.07) is 10.6. The molecule has 0 saturated heterocycles. The van der Waals surface area contributed by atoms with Crippen LogP contribution in [0, 0.1) is 13.8 Å². The molecule has 0 aliphatic rings. The highest BCUT2D eigenvalue weighted by Crippen LogP contribution is 2.12. The van der Waals surface area contributed by atoms with Crippen LogP contribution in [0.2, 0.25) is 0 Å². The third-order valence-corrected chi connectivity index (χ3v) is 6.90. The van der Waals surface area contributed by atoms with Crippen LogP contribution < -0.4 is 9.44 Å². The average Bonchev–Trinajstić information content (AvgIpc) is 2.59. The van der Waals surface area contributed by atoms with Crippen LogP contribution in [0.5, 0.6) is 0 Å². The number of carbonyl (C=O) groups excluding carboxylic acids is 1. The fourth-order valence-corrected chi connectivity index (χ4v) is 4.57. The highest BCUT2D eigenvalue weighted by molar-refractivity contribution is 7.90. The van der Waals surface area contributed by atoms with E-state index in [1.54, 1.807) is 31.2 Å². The lowest BCUT2D eigenvalue weighted by Gasteiger charge is -2.16. The lowest BCUT2D eigenvalue weighted by molar-refractivity contribution is -0.113. The fourth-order valence-electron chi connectivity index (χ4n) is 2.13. The molecule has 27 heavy (non-hydrogen) atoms. The number of rotatable bonds is 8. The van der Waals surface area contributed by atoms with Gasteiger partial charge in [-0.2, -0.15) is 4.72 Å². The summed E-state index contributed by atoms with van der Waals surface area (Å²) in [6.07, 6.45) is 0. The second-order valence-electron chi connectivity index (χ2n) is 5.96. The summed E-state index contributed by atoms with van der Waals surface area (Å²) in [4.78, 5) is 11.5. The van der Waals surface area contributed by atoms with Crippen molar-refractivity contribution in [3.8, 4) is 0 Å². The number of hydrogen-bond donors (Lipinski definition) is 2. The van der Waals surface area contributed by atoms with E-state index in [1.165, 1.54) is 24.3 Å². The maximum atomic E-state index is 12.4. The maximum absolute atomic E-state index is 12.4. The molecule has 146 valence electrons. The number of sulfonamides is 2. The summed E-state index contributed by atoms with van der Waals surface area (Å²) in [5.41, 5.74) is 1.75. The molecule has 0 fully saturated rings. The van der Waals surface area contributed by atoms with Crippen molar-refractivity contribution in [2.24, 2.45) is 0 Å². The first-order chi connectivity index (χ1) is 12.5. The highest BCUT2D eigenvalue weighted by Gasteiger charge is 2.26. The number of halogens is 1. The third-order valence-electron chi connectivity index (χ3n) is 3.71. The van der Waals surface area contributed by atoms with Gasteiger partial charge in [-0.25, -0.2) is 21.6 Å². The highest BCUT2D eigenvalue weighted by atomic mass is 35.5. The molecule has 0 aromatic heterocycles. The van der Waals surface area contributed by atoms with E-state index >= 15 is 0 Å². The van der Waals surface area contributed by atoms with Gasteiger partial charge in [-0.15, -0.1) is 0 Å². The van der Waals surface area contributed by atoms with Crippen molar-refractivity contribution in [2.45, 2.75) is 29.7 Å². The van der Waals surface area contributed by atoms with E-state index < -0.39 is 37.9 Å². The second-order valence-corrected chi connectivity index (χ2v) is 9.81. The minimum Gasteiger partial charge on any atom is -0.279 e. The number of aryl methyl sites for hydroxylation is 2. The molecular formula is C17H19ClN2O5S2. The normalized spacial score (nSPS) is 13.3. The molecule has 0 radical (unpaired) electrons. The molecule has 2 N–H and O–H groups in total. The number of nitrogens with one attached hydrogen (secondary N) is 2. The largest absolute Gasteiger partial charge is 0.279 e. The Balaban J connectivity index is 2.15. The van der Waals surface area contributed by atoms with Crippen LogP contribution in [0.15, 0.2) is 58.3 Å². The van der Waals surface area contributed by atoms with Crippen LogP contribution in [0.1, 0.15) is 11.1 Å². The van der Waals surface area contributed by atoms with Crippen molar-refractivity contribution in [1.29, 1.82) is 0 Å². The van der Waals surface area contributed by atoms with E-state index in [4.69, 9.17) is 11.6 Å². The zero-order valence-electron chi connectivity index (χ0n) is 14.6. The average molecular weight is 431 g/mol. The van der Waals surface area contributed by atoms with Crippen molar-refractivity contribution >= 4 is 36.9 Å². The molecule has 10 heteroatoms. The summed E-state index contributed by atoms with van der Waals surface area (Å²) in [6.45, 7) is 3.09. The molecule has 1 unspecified atom stereocenters. The van der Waals surface area contributed by atoms with Gasteiger partial charge < -0.3 is 0 Å². The molecule has 1 atom stereocenters. The Morgan fingerprint density at radius 1 is 0.852 bits per heavy atom. The Morgan fingerprint density at radius 2 is 1.26 bits per heavy atom. The van der Waals surface area contributed by atoms with E-state index in [0.29, 0.717) is 0 Å². The SMILES string of the molecule is Cc1ccc(S(=O)(=O)NCC(NS(=O)(=O)c2ccc(C)cc2)C(=O)Cl)cc1. The zero-order valence-corrected chi connectivity index (χ0v) is 17.0. The van der Waals surface area contributed by atoms with E-state index in [-0.39, 0.29) is 9.79 Å². The minimum absolute atomic E-state index is 0.00439. The van der Waals surface area contributed by atoms with E-state index in [0.717, 1.165) is 11.1 Å². The first-order valence-corrected chi connectivity index (χ1v) is 11.2. The summed E-state index contributed by atoms with van der Waals surface area (Å²) >= 11 is 5.46. The van der Waals surface area contributed by atoms with Crippen molar-refractivity contribution in [1.82, 2.24) is 9.44 Å². The standard InChI is InChI=1S/C17H19ClN2O5S2/c1-12-3-7-14(8-4-12)26(22,23)19-11-16(17(18)21)20-27(24,25)15-9-5-13(2)6-10-15/h3-10,16,19-20H,11H2,1-2H3. The molecule has 0 aliphatic heterocycles. The van der Waals surface area contributed by atoms with Gasteiger partial charge >= 0.3 is 0 Å². The first-order valence-electron chi connectivity index (χ1n) is 7.86. The van der Waals surface area contributed by atoms with Gasteiger partial charge in [-0.05, 0) is 49.7 Å². The smallest absolute Gasteiger partial charge is 0.241 e. The van der Waals surface area contributed by atoms with Gasteiger partial charge in [0, 0.05) is 6.54 Å². The summed E-state index contributed by atoms with van der Waals surface area (Å²) in [7, 11) is -7.98. The molecule has 2 rings (SSSR count). The topological polar surface area (TPSA) is 109 Å². The van der Waals surface area contributed by atoms with Gasteiger partial charge in [-0.1, -0.05) is 35.4 Å². The number of hydrogen-bond acceptors (Lipinski definition) is 5. The van der Waals surface area contributed by atoms with E-state index in [9.17, 15) is 21.6 Å². The Kier molecular flexibility index (Phi) is 6.77. The van der Waals surface area contributed by atoms with Gasteiger partial charge in [0.2, 0.25) is 25.3 Å². The van der Waals surface area contributed by atoms with Crippen LogP contribution in [0.4, 0.5) is 0 Å². The summed E-state index contributed by atoms with van der Waals surface area (Å²) < 4.78 is 53.7. The van der Waals surface area contributed by atoms with Crippen LogP contribution in [-0.2, 0) is 24.8 Å². The monoisotopic (exact) mass is 430 g/mol. The molecule has 2 aromatic rings. The molecule has 0 saturated carbocycles. The molecule has 0 bridgehead atoms. The van der Waals surface area contributed by atoms with Crippen LogP contribution in [0.25, 0.3) is 0 Å². The number of benzene rings is 2. The summed E-state index contributed by atoms with van der Waals surface area (Å²) in [5, 5.41) is -1.03. The van der Waals surface area contributed by atoms with Gasteiger partial charge in [0.05, 0.1) is 9.79 Å². The molecule has 0 amide bonds. The number of carbonyl (C=O) groups is 1. The quantitative estimate of drug-likeness (QED) is 0.619. The minimum atomic E-state index is -4.05. The molecule has 0 aliphatic carbocycles. The predicted octanol–water partition coefficient (Wildman–Crippen LogP) is 1.69. The Bertz CT molecular complexity index is 1020. The van der Waals surface area contributed by atoms with Gasteiger partial charge in [-0.3, -0.25) is 4.79 Å². The van der Waals surface area contributed by atoms with Gasteiger partial charge in [0.15, 0.2) is 0 Å².